The molecule has 0 unspecified atom stereocenters. The van der Waals surface area contributed by atoms with Crippen molar-refractivity contribution in [2.45, 2.75) is 13.0 Å². The number of carbonyl (C=O) groups is 1. The zero-order valence-corrected chi connectivity index (χ0v) is 11.0. The van der Waals surface area contributed by atoms with Crippen molar-refractivity contribution in [2.24, 2.45) is 0 Å². The van der Waals surface area contributed by atoms with Gasteiger partial charge in [0.25, 0.3) is 0 Å². The molecule has 4 nitrogen and oxygen atoms in total. The third kappa shape index (κ3) is 3.68. The summed E-state index contributed by atoms with van der Waals surface area (Å²) in [6, 6.07) is 1.04. The number of rotatable bonds is 3. The molecule has 0 atom stereocenters. The number of hydrogen-bond donors (Lipinski definition) is 0. The SMILES string of the molecule is COC(=O)c1nc(OC(F)(F)F)c(CF)cc1I. The van der Waals surface area contributed by atoms with Crippen molar-refractivity contribution in [3.63, 3.8) is 0 Å². The molecule has 1 heterocycles. The van der Waals surface area contributed by atoms with E-state index in [0.717, 1.165) is 13.2 Å². The van der Waals surface area contributed by atoms with Gasteiger partial charge in [0.1, 0.15) is 6.67 Å². The van der Waals surface area contributed by atoms with Gasteiger partial charge in [-0.2, -0.15) is 0 Å². The fraction of sp³-hybridized carbons (Fsp3) is 0.333. The van der Waals surface area contributed by atoms with Crippen LogP contribution < -0.4 is 4.74 Å². The van der Waals surface area contributed by atoms with Gasteiger partial charge in [-0.1, -0.05) is 0 Å². The van der Waals surface area contributed by atoms with Crippen LogP contribution in [-0.2, 0) is 11.4 Å². The lowest BCUT2D eigenvalue weighted by atomic mass is 10.2. The Bertz CT molecular complexity index is 464. The maximum absolute atomic E-state index is 12.5. The molecule has 0 saturated carbocycles. The summed E-state index contributed by atoms with van der Waals surface area (Å²) in [5.41, 5.74) is -0.765. The highest BCUT2D eigenvalue weighted by atomic mass is 127. The van der Waals surface area contributed by atoms with E-state index >= 15 is 0 Å². The molecule has 0 aromatic carbocycles. The molecule has 0 amide bonds. The van der Waals surface area contributed by atoms with Gasteiger partial charge in [-0.3, -0.25) is 0 Å². The van der Waals surface area contributed by atoms with E-state index in [-0.39, 0.29) is 9.26 Å². The summed E-state index contributed by atoms with van der Waals surface area (Å²) < 4.78 is 56.8. The Morgan fingerprint density at radius 3 is 2.56 bits per heavy atom. The molecule has 0 aliphatic heterocycles. The molecule has 0 aliphatic carbocycles. The maximum Gasteiger partial charge on any atom is 0.574 e. The summed E-state index contributed by atoms with van der Waals surface area (Å²) in [7, 11) is 1.05. The van der Waals surface area contributed by atoms with Gasteiger partial charge < -0.3 is 9.47 Å². The first-order valence-corrected chi connectivity index (χ1v) is 5.45. The van der Waals surface area contributed by atoms with E-state index in [0.29, 0.717) is 0 Å². The van der Waals surface area contributed by atoms with Crippen molar-refractivity contribution in [3.05, 3.63) is 20.9 Å². The summed E-state index contributed by atoms with van der Waals surface area (Å²) in [6.45, 7) is -1.20. The van der Waals surface area contributed by atoms with Crippen molar-refractivity contribution < 1.29 is 31.8 Å². The first kappa shape index (κ1) is 14.9. The summed E-state index contributed by atoms with van der Waals surface area (Å²) in [5.74, 6) is -1.93. The van der Waals surface area contributed by atoms with Gasteiger partial charge in [0, 0.05) is 9.13 Å². The van der Waals surface area contributed by atoms with Crippen LogP contribution in [0.15, 0.2) is 6.07 Å². The molecule has 0 fully saturated rings. The number of methoxy groups -OCH3 is 1. The lowest BCUT2D eigenvalue weighted by molar-refractivity contribution is -0.276. The number of pyridine rings is 1. The lowest BCUT2D eigenvalue weighted by Crippen LogP contribution is -2.20. The second-order valence-corrected chi connectivity index (χ2v) is 4.12. The largest absolute Gasteiger partial charge is 0.574 e. The lowest BCUT2D eigenvalue weighted by Gasteiger charge is -2.12. The van der Waals surface area contributed by atoms with E-state index < -0.39 is 30.4 Å². The number of hydrogen-bond acceptors (Lipinski definition) is 4. The van der Waals surface area contributed by atoms with Crippen LogP contribution in [0.25, 0.3) is 0 Å². The van der Waals surface area contributed by atoms with E-state index in [1.165, 1.54) is 0 Å². The van der Waals surface area contributed by atoms with Gasteiger partial charge in [-0.15, -0.1) is 13.2 Å². The second-order valence-electron chi connectivity index (χ2n) is 2.96. The maximum atomic E-state index is 12.5. The second kappa shape index (κ2) is 5.67. The molecule has 18 heavy (non-hydrogen) atoms. The van der Waals surface area contributed by atoms with E-state index in [4.69, 9.17) is 0 Å². The highest BCUT2D eigenvalue weighted by molar-refractivity contribution is 14.1. The van der Waals surface area contributed by atoms with Gasteiger partial charge in [-0.05, 0) is 28.7 Å². The monoisotopic (exact) mass is 379 g/mol. The normalized spacial score (nSPS) is 11.2. The topological polar surface area (TPSA) is 48.4 Å². The molecule has 0 radical (unpaired) electrons. The van der Waals surface area contributed by atoms with Crippen LogP contribution in [-0.4, -0.2) is 24.4 Å². The molecule has 1 rings (SSSR count). The Balaban J connectivity index is 3.26. The molecular formula is C9H6F4INO3. The molecular weight excluding hydrogens is 373 g/mol. The third-order valence-corrected chi connectivity index (χ3v) is 2.57. The summed E-state index contributed by atoms with van der Waals surface area (Å²) in [5, 5.41) is 0. The van der Waals surface area contributed by atoms with Crippen LogP contribution >= 0.6 is 22.6 Å². The van der Waals surface area contributed by atoms with Gasteiger partial charge in [0.2, 0.25) is 5.88 Å². The van der Waals surface area contributed by atoms with Gasteiger partial charge in [0.15, 0.2) is 5.69 Å². The number of halogens is 5. The quantitative estimate of drug-likeness (QED) is 0.461. The standard InChI is InChI=1S/C9H6F4INO3/c1-17-8(16)6-5(14)2-4(3-10)7(15-6)18-9(11,12)13/h2H,3H2,1H3. The number of nitrogens with zero attached hydrogens (tertiary/aromatic N) is 1. The molecule has 0 saturated heterocycles. The minimum Gasteiger partial charge on any atom is -0.464 e. The average molecular weight is 379 g/mol. The Hall–Kier alpha value is -1.13. The average Bonchev–Trinajstić information content (AvgIpc) is 2.28. The number of ether oxygens (including phenoxy) is 2. The first-order valence-electron chi connectivity index (χ1n) is 4.38. The van der Waals surface area contributed by atoms with E-state index in [9.17, 15) is 22.4 Å². The van der Waals surface area contributed by atoms with Crippen molar-refractivity contribution in [1.82, 2.24) is 4.98 Å². The van der Waals surface area contributed by atoms with Crippen LogP contribution in [0.1, 0.15) is 16.1 Å². The predicted octanol–water partition coefficient (Wildman–Crippen LogP) is 2.84. The van der Waals surface area contributed by atoms with Crippen molar-refractivity contribution in [2.75, 3.05) is 7.11 Å². The van der Waals surface area contributed by atoms with Crippen LogP contribution in [0, 0.1) is 3.57 Å². The molecule has 0 N–H and O–H groups in total. The number of carbonyl (C=O) groups excluding carboxylic acids is 1. The van der Waals surface area contributed by atoms with Gasteiger partial charge >= 0.3 is 12.3 Å². The minimum atomic E-state index is -5.02. The fourth-order valence-corrected chi connectivity index (χ4v) is 1.76. The van der Waals surface area contributed by atoms with Crippen molar-refractivity contribution in [3.8, 4) is 5.88 Å². The summed E-state index contributed by atoms with van der Waals surface area (Å²) in [4.78, 5) is 14.6. The van der Waals surface area contributed by atoms with Crippen molar-refractivity contribution in [1.29, 1.82) is 0 Å². The third-order valence-electron chi connectivity index (χ3n) is 1.75. The van der Waals surface area contributed by atoms with Gasteiger partial charge in [-0.25, -0.2) is 14.2 Å². The van der Waals surface area contributed by atoms with Crippen LogP contribution in [0.2, 0.25) is 0 Å². The van der Waals surface area contributed by atoms with E-state index in [2.05, 4.69) is 14.5 Å². The zero-order chi connectivity index (χ0) is 13.9. The summed E-state index contributed by atoms with van der Waals surface area (Å²) in [6.07, 6.45) is -5.02. The molecule has 0 spiro atoms. The Morgan fingerprint density at radius 1 is 1.50 bits per heavy atom. The first-order chi connectivity index (χ1) is 8.28. The van der Waals surface area contributed by atoms with Crippen LogP contribution in [0.5, 0.6) is 5.88 Å². The molecule has 100 valence electrons. The molecule has 0 aliphatic rings. The highest BCUT2D eigenvalue weighted by Crippen LogP contribution is 2.28. The molecule has 1 aromatic rings. The van der Waals surface area contributed by atoms with Crippen LogP contribution in [0.4, 0.5) is 17.6 Å². The highest BCUT2D eigenvalue weighted by Gasteiger charge is 2.33. The Morgan fingerprint density at radius 2 is 2.11 bits per heavy atom. The number of esters is 1. The Labute approximate surface area is 112 Å². The summed E-state index contributed by atoms with van der Waals surface area (Å²) >= 11 is 1.64. The van der Waals surface area contributed by atoms with Gasteiger partial charge in [0.05, 0.1) is 7.11 Å². The smallest absolute Gasteiger partial charge is 0.464 e. The number of aromatic nitrogens is 1. The molecule has 1 aromatic heterocycles. The molecule has 0 bridgehead atoms. The van der Waals surface area contributed by atoms with Crippen molar-refractivity contribution >= 4 is 28.6 Å². The molecule has 9 heteroatoms. The number of alkyl halides is 4. The predicted molar refractivity (Wildman–Crippen MR) is 59.8 cm³/mol. The minimum absolute atomic E-state index is 0.168. The van der Waals surface area contributed by atoms with E-state index in [1.54, 1.807) is 22.6 Å². The van der Waals surface area contributed by atoms with Crippen LogP contribution in [0.3, 0.4) is 0 Å². The Kier molecular flexibility index (Phi) is 4.71. The van der Waals surface area contributed by atoms with E-state index in [1.807, 2.05) is 0 Å². The zero-order valence-electron chi connectivity index (χ0n) is 8.85. The fourth-order valence-electron chi connectivity index (χ4n) is 1.04.